The molecule has 5 rings (SSSR count). The molecule has 1 aliphatic carbocycles. The van der Waals surface area contributed by atoms with E-state index < -0.39 is 36.3 Å². The van der Waals surface area contributed by atoms with Crippen LogP contribution in [-0.2, 0) is 34.1 Å². The Labute approximate surface area is 269 Å². The molecule has 0 spiro atoms. The fraction of sp³-hybridized carbons (Fsp3) is 0.294. The van der Waals surface area contributed by atoms with E-state index in [-0.39, 0.29) is 30.1 Å². The lowest BCUT2D eigenvalue weighted by Crippen LogP contribution is -2.47. The second-order valence-electron chi connectivity index (χ2n) is 11.0. The number of nitrogens with zero attached hydrogens (tertiary/aromatic N) is 2. The van der Waals surface area contributed by atoms with Gasteiger partial charge in [0.15, 0.2) is 5.82 Å². The number of hydrogen-bond acceptors (Lipinski definition) is 6. The zero-order chi connectivity index (χ0) is 33.2. The van der Waals surface area contributed by atoms with Crippen LogP contribution in [0.2, 0.25) is 0 Å². The second-order valence-corrected chi connectivity index (χ2v) is 11.0. The predicted octanol–water partition coefficient (Wildman–Crippen LogP) is 5.86. The molecule has 246 valence electrons. The molecular weight excluding hydrogens is 615 g/mol. The van der Waals surface area contributed by atoms with Crippen LogP contribution in [0, 0.1) is 0 Å². The number of halogens is 3. The van der Waals surface area contributed by atoms with Crippen molar-refractivity contribution in [2.24, 2.45) is 0 Å². The lowest BCUT2D eigenvalue weighted by Gasteiger charge is -2.32. The first-order chi connectivity index (χ1) is 22.7. The molecule has 1 fully saturated rings. The maximum Gasteiger partial charge on any atom is 0.471 e. The van der Waals surface area contributed by atoms with E-state index in [9.17, 15) is 27.6 Å². The summed E-state index contributed by atoms with van der Waals surface area (Å²) in [6.45, 7) is 0.0928. The molecule has 3 N–H and O–H groups in total. The van der Waals surface area contributed by atoms with E-state index in [1.807, 2.05) is 60.7 Å². The van der Waals surface area contributed by atoms with Gasteiger partial charge < -0.3 is 25.4 Å². The smallest absolute Gasteiger partial charge is 0.471 e. The molecule has 0 saturated heterocycles. The average molecular weight is 650 g/mol. The van der Waals surface area contributed by atoms with E-state index in [1.54, 1.807) is 29.6 Å². The lowest BCUT2D eigenvalue weighted by molar-refractivity contribution is -0.167. The van der Waals surface area contributed by atoms with Gasteiger partial charge in [0.05, 0.1) is 24.4 Å². The first-order valence-electron chi connectivity index (χ1n) is 15.1. The highest BCUT2D eigenvalue weighted by Crippen LogP contribution is 2.27. The van der Waals surface area contributed by atoms with Gasteiger partial charge in [-0.2, -0.15) is 18.3 Å². The van der Waals surface area contributed by atoms with Crippen LogP contribution in [0.25, 0.3) is 0 Å². The molecule has 10 nitrogen and oxygen atoms in total. The van der Waals surface area contributed by atoms with E-state index >= 15 is 0 Å². The third kappa shape index (κ3) is 9.42. The van der Waals surface area contributed by atoms with Crippen LogP contribution >= 0.6 is 0 Å². The van der Waals surface area contributed by atoms with Crippen LogP contribution in [0.4, 0.5) is 24.7 Å². The van der Waals surface area contributed by atoms with E-state index in [0.29, 0.717) is 18.8 Å². The first kappa shape index (κ1) is 33.2. The lowest BCUT2D eigenvalue weighted by atomic mass is 9.92. The van der Waals surface area contributed by atoms with Crippen molar-refractivity contribution >= 4 is 29.2 Å². The van der Waals surface area contributed by atoms with Gasteiger partial charge in [0, 0.05) is 6.07 Å². The van der Waals surface area contributed by atoms with Gasteiger partial charge >= 0.3 is 12.1 Å². The molecule has 13 heteroatoms. The molecule has 0 unspecified atom stereocenters. The largest absolute Gasteiger partial charge is 0.487 e. The molecule has 47 heavy (non-hydrogen) atoms. The van der Waals surface area contributed by atoms with Gasteiger partial charge in [-0.3, -0.25) is 14.4 Å². The van der Waals surface area contributed by atoms with Crippen LogP contribution in [-0.4, -0.2) is 45.8 Å². The predicted molar refractivity (Wildman–Crippen MR) is 167 cm³/mol. The van der Waals surface area contributed by atoms with Crippen molar-refractivity contribution in [3.05, 3.63) is 108 Å². The van der Waals surface area contributed by atoms with Crippen LogP contribution in [0.3, 0.4) is 0 Å². The number of carbonyl (C=O) groups is 3. The number of nitrogens with one attached hydrogen (secondary N) is 3. The van der Waals surface area contributed by atoms with Crippen LogP contribution in [0.1, 0.15) is 47.3 Å². The number of para-hydroxylation sites is 2. The van der Waals surface area contributed by atoms with Gasteiger partial charge in [-0.25, -0.2) is 4.68 Å². The number of amides is 3. The van der Waals surface area contributed by atoms with Crippen molar-refractivity contribution in [2.45, 2.75) is 63.8 Å². The minimum atomic E-state index is -5.19. The van der Waals surface area contributed by atoms with Gasteiger partial charge in [-0.1, -0.05) is 85.6 Å². The number of rotatable bonds is 12. The Balaban J connectivity index is 1.30. The molecule has 0 bridgehead atoms. The maximum atomic E-state index is 13.5. The van der Waals surface area contributed by atoms with E-state index in [1.165, 1.54) is 0 Å². The molecule has 2 atom stereocenters. The first-order valence-corrected chi connectivity index (χ1v) is 15.1. The summed E-state index contributed by atoms with van der Waals surface area (Å²) in [6, 6.07) is 26.3. The highest BCUT2D eigenvalue weighted by Gasteiger charge is 2.39. The molecule has 4 aromatic rings. The zero-order valence-corrected chi connectivity index (χ0v) is 25.3. The molecule has 1 aromatic heterocycles. The summed E-state index contributed by atoms with van der Waals surface area (Å²) in [6.07, 6.45) is -2.20. The Morgan fingerprint density at radius 3 is 2.17 bits per heavy atom. The third-order valence-corrected chi connectivity index (χ3v) is 7.53. The van der Waals surface area contributed by atoms with Gasteiger partial charge in [0.25, 0.3) is 5.91 Å². The number of carbonyl (C=O) groups excluding carboxylic acids is 3. The Morgan fingerprint density at radius 1 is 0.830 bits per heavy atom. The molecule has 0 aliphatic heterocycles. The molecular formula is C34H34F3N5O5. The number of anilines is 2. The highest BCUT2D eigenvalue weighted by atomic mass is 19.4. The third-order valence-electron chi connectivity index (χ3n) is 7.53. The van der Waals surface area contributed by atoms with Crippen LogP contribution in [0.5, 0.6) is 5.75 Å². The number of benzene rings is 3. The van der Waals surface area contributed by atoms with Crippen LogP contribution < -0.4 is 20.7 Å². The highest BCUT2D eigenvalue weighted by molar-refractivity contribution is 6.05. The molecule has 0 radical (unpaired) electrons. The van der Waals surface area contributed by atoms with E-state index in [2.05, 4.69) is 15.7 Å². The number of alkyl halides is 3. The summed E-state index contributed by atoms with van der Waals surface area (Å²) in [5.41, 5.74) is 1.92. The van der Waals surface area contributed by atoms with Crippen molar-refractivity contribution in [1.82, 2.24) is 15.1 Å². The van der Waals surface area contributed by atoms with Crippen molar-refractivity contribution in [1.29, 1.82) is 0 Å². The summed E-state index contributed by atoms with van der Waals surface area (Å²) in [5, 5.41) is 11.2. The van der Waals surface area contributed by atoms with Gasteiger partial charge in [-0.15, -0.1) is 0 Å². The van der Waals surface area contributed by atoms with Gasteiger partial charge in [-0.05, 0) is 36.1 Å². The molecule has 1 heterocycles. The topological polar surface area (TPSA) is 124 Å². The summed E-state index contributed by atoms with van der Waals surface area (Å²) in [5.74, 6) is -3.77. The summed E-state index contributed by atoms with van der Waals surface area (Å²) in [7, 11) is 0. The Hall–Kier alpha value is -5.17. The Morgan fingerprint density at radius 2 is 1.47 bits per heavy atom. The summed E-state index contributed by atoms with van der Waals surface area (Å²) < 4.78 is 52.0. The van der Waals surface area contributed by atoms with Gasteiger partial charge in [0.1, 0.15) is 24.6 Å². The summed E-state index contributed by atoms with van der Waals surface area (Å²) >= 11 is 0. The van der Waals surface area contributed by atoms with E-state index in [4.69, 9.17) is 9.47 Å². The Kier molecular flexibility index (Phi) is 10.9. The average Bonchev–Trinajstić information content (AvgIpc) is 3.46. The fourth-order valence-electron chi connectivity index (χ4n) is 5.21. The summed E-state index contributed by atoms with van der Waals surface area (Å²) in [4.78, 5) is 38.4. The molecule has 3 aromatic carbocycles. The molecule has 3 amide bonds. The quantitative estimate of drug-likeness (QED) is 0.177. The second kappa shape index (κ2) is 15.4. The normalized spacial score (nSPS) is 16.2. The fourth-order valence-corrected chi connectivity index (χ4v) is 5.21. The standard InChI is InChI=1S/C34H34F3N5O5/c35-34(36,37)33(45)40-30-19-27(32(44)39-26-16-8-10-18-29(26)47-22-24-13-5-2-6-14-24)42(41-30)20-31(43)38-25-15-7-9-17-28(25)46-21-23-11-3-1-4-12-23/h1-6,8,10-14,16,18-19,25,28H,7,9,15,17,20-22H2,(H,38,43)(H,39,44)(H,40,41,45)/t25-,28-/m0/s1. The van der Waals surface area contributed by atoms with E-state index in [0.717, 1.165) is 41.1 Å². The van der Waals surface area contributed by atoms with Crippen molar-refractivity contribution in [3.8, 4) is 5.75 Å². The minimum Gasteiger partial charge on any atom is -0.487 e. The SMILES string of the molecule is O=C(Cn1nc(NC(=O)C(F)(F)F)cc1C(=O)Nc1ccccc1OCc1ccccc1)N[C@H]1CCCC[C@@H]1OCc1ccccc1. The maximum absolute atomic E-state index is 13.5. The van der Waals surface area contributed by atoms with Crippen molar-refractivity contribution in [2.75, 3.05) is 10.6 Å². The van der Waals surface area contributed by atoms with Crippen molar-refractivity contribution in [3.63, 3.8) is 0 Å². The molecule has 1 saturated carbocycles. The number of ether oxygens (including phenoxy) is 2. The van der Waals surface area contributed by atoms with Crippen molar-refractivity contribution < 1.29 is 37.0 Å². The zero-order valence-electron chi connectivity index (χ0n) is 25.3. The number of aromatic nitrogens is 2. The van der Waals surface area contributed by atoms with Gasteiger partial charge in [0.2, 0.25) is 5.91 Å². The molecule has 1 aliphatic rings. The van der Waals surface area contributed by atoms with Crippen LogP contribution in [0.15, 0.2) is 91.0 Å². The number of hydrogen-bond donors (Lipinski definition) is 3. The monoisotopic (exact) mass is 649 g/mol. The Bertz CT molecular complexity index is 1660. The minimum absolute atomic E-state index is 0.219.